The van der Waals surface area contributed by atoms with Crippen LogP contribution in [-0.4, -0.2) is 5.78 Å². The highest BCUT2D eigenvalue weighted by Crippen LogP contribution is 2.15. The van der Waals surface area contributed by atoms with E-state index in [2.05, 4.69) is 22.9 Å². The van der Waals surface area contributed by atoms with Gasteiger partial charge in [-0.3, -0.25) is 4.79 Å². The first-order valence-electron chi connectivity index (χ1n) is 9.03. The number of rotatable bonds is 13. The molecular weight excluding hydrogens is 336 g/mol. The van der Waals surface area contributed by atoms with Gasteiger partial charge in [0.05, 0.1) is 0 Å². The predicted molar refractivity (Wildman–Crippen MR) is 99.6 cm³/mol. The van der Waals surface area contributed by atoms with Crippen molar-refractivity contribution >= 4 is 21.7 Å². The fourth-order valence-electron chi connectivity index (χ4n) is 2.73. The molecule has 0 aliphatic heterocycles. The van der Waals surface area contributed by atoms with Crippen molar-refractivity contribution in [1.29, 1.82) is 0 Å². The SMILES string of the molecule is CCCCCCCCCCCCCC(=O)c1ccc(Br)cc1. The van der Waals surface area contributed by atoms with Gasteiger partial charge >= 0.3 is 0 Å². The maximum atomic E-state index is 12.0. The Morgan fingerprint density at radius 1 is 0.773 bits per heavy atom. The highest BCUT2D eigenvalue weighted by Gasteiger charge is 2.04. The van der Waals surface area contributed by atoms with E-state index in [0.29, 0.717) is 6.42 Å². The molecule has 0 bridgehead atoms. The predicted octanol–water partition coefficient (Wildman–Crippen LogP) is 7.33. The van der Waals surface area contributed by atoms with Crippen molar-refractivity contribution in [1.82, 2.24) is 0 Å². The van der Waals surface area contributed by atoms with E-state index < -0.39 is 0 Å². The van der Waals surface area contributed by atoms with Gasteiger partial charge < -0.3 is 0 Å². The Morgan fingerprint density at radius 3 is 1.73 bits per heavy atom. The molecule has 0 spiro atoms. The molecule has 0 saturated heterocycles. The van der Waals surface area contributed by atoms with Gasteiger partial charge in [-0.25, -0.2) is 0 Å². The van der Waals surface area contributed by atoms with Crippen LogP contribution in [0.5, 0.6) is 0 Å². The summed E-state index contributed by atoms with van der Waals surface area (Å²) in [7, 11) is 0. The van der Waals surface area contributed by atoms with Crippen molar-refractivity contribution in [3.05, 3.63) is 34.3 Å². The lowest BCUT2D eigenvalue weighted by molar-refractivity contribution is 0.0979. The van der Waals surface area contributed by atoms with E-state index in [0.717, 1.165) is 16.5 Å². The molecule has 0 aliphatic rings. The Kier molecular flexibility index (Phi) is 11.4. The van der Waals surface area contributed by atoms with Gasteiger partial charge in [-0.1, -0.05) is 99.2 Å². The third-order valence-corrected chi connectivity index (χ3v) is 4.70. The van der Waals surface area contributed by atoms with Crippen LogP contribution in [0.4, 0.5) is 0 Å². The van der Waals surface area contributed by atoms with Gasteiger partial charge in [0.15, 0.2) is 5.78 Å². The molecule has 22 heavy (non-hydrogen) atoms. The second kappa shape index (κ2) is 12.9. The van der Waals surface area contributed by atoms with E-state index in [-0.39, 0.29) is 5.78 Å². The summed E-state index contributed by atoms with van der Waals surface area (Å²) in [5, 5.41) is 0. The summed E-state index contributed by atoms with van der Waals surface area (Å²) < 4.78 is 1.03. The molecule has 0 aliphatic carbocycles. The number of benzene rings is 1. The van der Waals surface area contributed by atoms with Crippen molar-refractivity contribution in [3.8, 4) is 0 Å². The van der Waals surface area contributed by atoms with Crippen molar-refractivity contribution in [2.75, 3.05) is 0 Å². The molecule has 1 aromatic rings. The molecular formula is C20H31BrO. The Hall–Kier alpha value is -0.630. The van der Waals surface area contributed by atoms with Crippen LogP contribution in [0, 0.1) is 0 Å². The molecule has 1 aromatic carbocycles. The molecule has 2 heteroatoms. The normalized spacial score (nSPS) is 10.8. The van der Waals surface area contributed by atoms with Crippen LogP contribution < -0.4 is 0 Å². The van der Waals surface area contributed by atoms with Gasteiger partial charge in [0.25, 0.3) is 0 Å². The zero-order valence-electron chi connectivity index (χ0n) is 14.1. The van der Waals surface area contributed by atoms with Gasteiger partial charge in [-0.15, -0.1) is 0 Å². The number of ketones is 1. The van der Waals surface area contributed by atoms with Crippen molar-refractivity contribution < 1.29 is 4.79 Å². The first-order valence-corrected chi connectivity index (χ1v) is 9.82. The summed E-state index contributed by atoms with van der Waals surface area (Å²) in [6.07, 6.45) is 15.2. The summed E-state index contributed by atoms with van der Waals surface area (Å²) in [6.45, 7) is 2.27. The highest BCUT2D eigenvalue weighted by molar-refractivity contribution is 9.10. The zero-order chi connectivity index (χ0) is 16.0. The van der Waals surface area contributed by atoms with Crippen LogP contribution >= 0.6 is 15.9 Å². The molecule has 1 nitrogen and oxygen atoms in total. The highest BCUT2D eigenvalue weighted by atomic mass is 79.9. The number of Topliss-reactive ketones (excluding diaryl/α,β-unsaturated/α-hetero) is 1. The van der Waals surface area contributed by atoms with E-state index in [1.807, 2.05) is 24.3 Å². The number of halogens is 1. The Labute approximate surface area is 145 Å². The molecule has 124 valence electrons. The molecule has 0 radical (unpaired) electrons. The van der Waals surface area contributed by atoms with E-state index in [1.54, 1.807) is 0 Å². The fourth-order valence-corrected chi connectivity index (χ4v) is 2.99. The molecule has 0 heterocycles. The largest absolute Gasteiger partial charge is 0.294 e. The topological polar surface area (TPSA) is 17.1 Å². The van der Waals surface area contributed by atoms with Crippen LogP contribution in [0.15, 0.2) is 28.7 Å². The second-order valence-corrected chi connectivity index (χ2v) is 7.13. The quantitative estimate of drug-likeness (QED) is 0.263. The standard InChI is InChI=1S/C20H31BrO/c1-2-3-4-5-6-7-8-9-10-11-12-13-20(22)18-14-16-19(21)17-15-18/h14-17H,2-13H2,1H3. The number of hydrogen-bond donors (Lipinski definition) is 0. The number of hydrogen-bond acceptors (Lipinski definition) is 1. The minimum Gasteiger partial charge on any atom is -0.294 e. The number of carbonyl (C=O) groups excluding carboxylic acids is 1. The maximum Gasteiger partial charge on any atom is 0.162 e. The first-order chi connectivity index (χ1) is 10.7. The lowest BCUT2D eigenvalue weighted by atomic mass is 10.0. The minimum absolute atomic E-state index is 0.281. The number of carbonyl (C=O) groups is 1. The Balaban J connectivity index is 1.93. The monoisotopic (exact) mass is 366 g/mol. The Bertz CT molecular complexity index is 397. The van der Waals surface area contributed by atoms with E-state index >= 15 is 0 Å². The fraction of sp³-hybridized carbons (Fsp3) is 0.650. The summed E-state index contributed by atoms with van der Waals surface area (Å²) in [5.74, 6) is 0.281. The van der Waals surface area contributed by atoms with Crippen LogP contribution in [0.1, 0.15) is 94.3 Å². The van der Waals surface area contributed by atoms with Crippen LogP contribution in [0.3, 0.4) is 0 Å². The lowest BCUT2D eigenvalue weighted by Crippen LogP contribution is -1.98. The molecule has 1 rings (SSSR count). The molecule has 0 unspecified atom stereocenters. The minimum atomic E-state index is 0.281. The third kappa shape index (κ3) is 9.40. The van der Waals surface area contributed by atoms with E-state index in [9.17, 15) is 4.79 Å². The summed E-state index contributed by atoms with van der Waals surface area (Å²) in [6, 6.07) is 7.69. The molecule has 0 amide bonds. The van der Waals surface area contributed by atoms with Gasteiger partial charge in [0.1, 0.15) is 0 Å². The Morgan fingerprint density at radius 2 is 1.23 bits per heavy atom. The van der Waals surface area contributed by atoms with Gasteiger partial charge in [0.2, 0.25) is 0 Å². The van der Waals surface area contributed by atoms with E-state index in [4.69, 9.17) is 0 Å². The van der Waals surface area contributed by atoms with Crippen LogP contribution in [0.2, 0.25) is 0 Å². The van der Waals surface area contributed by atoms with Gasteiger partial charge in [-0.2, -0.15) is 0 Å². The van der Waals surface area contributed by atoms with Crippen molar-refractivity contribution in [2.24, 2.45) is 0 Å². The average molecular weight is 367 g/mol. The molecule has 0 saturated carbocycles. The van der Waals surface area contributed by atoms with Crippen LogP contribution in [0.25, 0.3) is 0 Å². The first kappa shape index (κ1) is 19.4. The third-order valence-electron chi connectivity index (χ3n) is 4.17. The van der Waals surface area contributed by atoms with Crippen molar-refractivity contribution in [3.63, 3.8) is 0 Å². The summed E-state index contributed by atoms with van der Waals surface area (Å²) >= 11 is 3.39. The molecule has 0 fully saturated rings. The lowest BCUT2D eigenvalue weighted by Gasteiger charge is -2.03. The smallest absolute Gasteiger partial charge is 0.162 e. The van der Waals surface area contributed by atoms with Crippen molar-refractivity contribution in [2.45, 2.75) is 84.0 Å². The number of unbranched alkanes of at least 4 members (excludes halogenated alkanes) is 10. The maximum absolute atomic E-state index is 12.0. The van der Waals surface area contributed by atoms with Gasteiger partial charge in [0, 0.05) is 16.5 Å². The summed E-state index contributed by atoms with van der Waals surface area (Å²) in [5.41, 5.74) is 0.843. The molecule has 0 aromatic heterocycles. The van der Waals surface area contributed by atoms with E-state index in [1.165, 1.54) is 64.2 Å². The summed E-state index contributed by atoms with van der Waals surface area (Å²) in [4.78, 5) is 12.0. The average Bonchev–Trinajstić information content (AvgIpc) is 2.53. The molecule has 0 atom stereocenters. The zero-order valence-corrected chi connectivity index (χ0v) is 15.7. The van der Waals surface area contributed by atoms with Gasteiger partial charge in [-0.05, 0) is 18.6 Å². The van der Waals surface area contributed by atoms with Crippen LogP contribution in [-0.2, 0) is 0 Å². The second-order valence-electron chi connectivity index (χ2n) is 6.22. The molecule has 0 N–H and O–H groups in total.